The first-order valence-electron chi connectivity index (χ1n) is 23.2. The molecule has 13 rings (SSSR count). The van der Waals surface area contributed by atoms with Crippen molar-refractivity contribution in [2.24, 2.45) is 7.05 Å². The number of nitrogens with zero attached hydrogens (tertiary/aromatic N) is 4. The van der Waals surface area contributed by atoms with Gasteiger partial charge in [0.1, 0.15) is 11.6 Å². The number of para-hydroxylation sites is 2. The molecule has 0 saturated carbocycles. The van der Waals surface area contributed by atoms with Crippen LogP contribution in [0.3, 0.4) is 0 Å². The van der Waals surface area contributed by atoms with Crippen LogP contribution in [0.4, 0.5) is 0 Å². The van der Waals surface area contributed by atoms with E-state index in [4.69, 9.17) is 9.97 Å². The first-order chi connectivity index (χ1) is 33.6. The lowest BCUT2D eigenvalue weighted by atomic mass is 10.1. The number of rotatable bonds is 8. The van der Waals surface area contributed by atoms with Gasteiger partial charge in [-0.2, -0.15) is 0 Å². The van der Waals surface area contributed by atoms with Gasteiger partial charge in [0.2, 0.25) is 0 Å². The van der Waals surface area contributed by atoms with Gasteiger partial charge in [0, 0.05) is 39.4 Å². The predicted octanol–water partition coefficient (Wildman–Crippen LogP) is 8.95. The molecule has 0 fully saturated rings. The Bertz CT molecular complexity index is 3760. The normalized spacial score (nSPS) is 13.1. The minimum Gasteiger partial charge on any atom is -0.327 e. The van der Waals surface area contributed by atoms with Crippen LogP contribution in [0, 0.1) is 0 Å². The van der Waals surface area contributed by atoms with E-state index in [0.717, 1.165) is 39.3 Å². The van der Waals surface area contributed by atoms with Crippen molar-refractivity contribution in [2.45, 2.75) is 9.79 Å². The molecule has 4 heterocycles. The average Bonchev–Trinajstić information content (AvgIpc) is 3.92. The van der Waals surface area contributed by atoms with Crippen LogP contribution >= 0.6 is 11.8 Å². The van der Waals surface area contributed by atoms with Gasteiger partial charge in [-0.1, -0.05) is 212 Å². The molecule has 4 nitrogen and oxygen atoms in total. The quantitative estimate of drug-likeness (QED) is 0.113. The molecule has 0 atom stereocenters. The van der Waals surface area contributed by atoms with Crippen molar-refractivity contribution in [3.05, 3.63) is 249 Å². The summed E-state index contributed by atoms with van der Waals surface area (Å²) >= 11 is 1.90. The maximum Gasteiger partial charge on any atom is 0.181 e. The van der Waals surface area contributed by atoms with Crippen LogP contribution in [-0.4, -0.2) is 35.2 Å². The Morgan fingerprint density at radius 2 is 1.04 bits per heavy atom. The molecule has 0 N–H and O–H groups in total. The molecule has 3 aromatic heterocycles. The van der Waals surface area contributed by atoms with Crippen LogP contribution < -0.4 is 41.5 Å². The third-order valence-corrected chi connectivity index (χ3v) is 25.4. The van der Waals surface area contributed by atoms with E-state index < -0.39 is 16.1 Å². The van der Waals surface area contributed by atoms with E-state index in [1.165, 1.54) is 62.1 Å². The van der Waals surface area contributed by atoms with Crippen molar-refractivity contribution >= 4 is 102 Å². The maximum atomic E-state index is 5.20. The SMILES string of the molecule is Cn1c(-c2cccc([Si](c3ccccc3)(c3ccccc3)c3ccc4c5cc6c(cc5n(-c5ccccn5)c4c3)Sc3ccccc3[Si]6(c3ccccc3)c3ccccc3)c2)nc2ccccc21. The lowest BCUT2D eigenvalue weighted by molar-refractivity contribution is 0.959. The Morgan fingerprint density at radius 3 is 1.74 bits per heavy atom. The topological polar surface area (TPSA) is 35.6 Å². The molecule has 1 aliphatic rings. The molecule has 0 aliphatic carbocycles. The second-order valence-corrected chi connectivity index (χ2v) is 26.4. The summed E-state index contributed by atoms with van der Waals surface area (Å²) in [6, 6.07) is 90.6. The molecule has 12 aromatic rings. The molecular weight excluding hydrogens is 877 g/mol. The second kappa shape index (κ2) is 16.2. The lowest BCUT2D eigenvalue weighted by Gasteiger charge is -2.40. The molecule has 9 aromatic carbocycles. The zero-order valence-corrected chi connectivity index (χ0v) is 40.2. The molecule has 1 aliphatic heterocycles. The molecule has 0 radical (unpaired) electrons. The molecule has 0 unspecified atom stereocenters. The van der Waals surface area contributed by atoms with Crippen LogP contribution in [0.2, 0.25) is 0 Å². The lowest BCUT2D eigenvalue weighted by Crippen LogP contribution is -2.76. The minimum atomic E-state index is -3.06. The van der Waals surface area contributed by atoms with E-state index >= 15 is 0 Å². The first kappa shape index (κ1) is 40.5. The van der Waals surface area contributed by atoms with E-state index in [-0.39, 0.29) is 0 Å². The molecule has 0 spiro atoms. The Morgan fingerprint density at radius 1 is 0.441 bits per heavy atom. The molecule has 322 valence electrons. The second-order valence-electron chi connectivity index (χ2n) is 17.7. The number of imidazole rings is 1. The summed E-state index contributed by atoms with van der Waals surface area (Å²) in [5.41, 5.74) is 5.51. The summed E-state index contributed by atoms with van der Waals surface area (Å²) in [5, 5.41) is 13.3. The Kier molecular flexibility index (Phi) is 9.64. The highest BCUT2D eigenvalue weighted by molar-refractivity contribution is 8.00. The minimum absolute atomic E-state index is 0.899. The van der Waals surface area contributed by atoms with Gasteiger partial charge >= 0.3 is 0 Å². The van der Waals surface area contributed by atoms with Crippen LogP contribution in [0.5, 0.6) is 0 Å². The summed E-state index contributed by atoms with van der Waals surface area (Å²) in [6.45, 7) is 0. The number of benzene rings is 9. The Labute approximate surface area is 401 Å². The van der Waals surface area contributed by atoms with Gasteiger partial charge in [-0.05, 0) is 84.0 Å². The highest BCUT2D eigenvalue weighted by Gasteiger charge is 2.47. The third kappa shape index (κ3) is 6.06. The molecule has 68 heavy (non-hydrogen) atoms. The summed E-state index contributed by atoms with van der Waals surface area (Å²) in [7, 11) is -3.75. The zero-order chi connectivity index (χ0) is 45.2. The van der Waals surface area contributed by atoms with E-state index in [2.05, 4.69) is 253 Å². The molecular formula is C61H44N4SSi2. The van der Waals surface area contributed by atoms with Crippen molar-refractivity contribution in [3.63, 3.8) is 0 Å². The van der Waals surface area contributed by atoms with E-state index in [0.29, 0.717) is 0 Å². The summed E-state index contributed by atoms with van der Waals surface area (Å²) in [6.07, 6.45) is 1.92. The monoisotopic (exact) mass is 920 g/mol. The van der Waals surface area contributed by atoms with Crippen LogP contribution in [0.1, 0.15) is 0 Å². The van der Waals surface area contributed by atoms with Gasteiger partial charge in [0.05, 0.1) is 22.1 Å². The van der Waals surface area contributed by atoms with Crippen molar-refractivity contribution in [3.8, 4) is 17.2 Å². The standard InChI is InChI=1S/C61H44N4SSi2/c1-64-53-32-15-14-31-52(53)63-61(64)43-21-20-30-48(39-43)67(44-22-6-2-7-23-44,45-24-8-3-9-25-45)49-36-37-50-51-41-59-57(42-55(51)65(54(50)40-49)60-35-18-19-38-62-60)66-56-33-16-17-34-58(56)68(59,46-26-10-4-11-27-46)47-28-12-5-13-29-47/h2-42H,1H3. The average molecular weight is 921 g/mol. The summed E-state index contributed by atoms with van der Waals surface area (Å²) < 4.78 is 4.65. The zero-order valence-electron chi connectivity index (χ0n) is 37.4. The van der Waals surface area contributed by atoms with E-state index in [9.17, 15) is 0 Å². The highest BCUT2D eigenvalue weighted by atomic mass is 32.2. The fraction of sp³-hybridized carbons (Fsp3) is 0.0164. The van der Waals surface area contributed by atoms with Gasteiger partial charge in [0.25, 0.3) is 0 Å². The van der Waals surface area contributed by atoms with E-state index in [1.807, 2.05) is 24.0 Å². The van der Waals surface area contributed by atoms with Crippen molar-refractivity contribution in [1.29, 1.82) is 0 Å². The fourth-order valence-electron chi connectivity index (χ4n) is 11.4. The largest absolute Gasteiger partial charge is 0.327 e. The van der Waals surface area contributed by atoms with Crippen LogP contribution in [0.15, 0.2) is 259 Å². The summed E-state index contributed by atoms with van der Waals surface area (Å²) in [5.74, 6) is 1.85. The van der Waals surface area contributed by atoms with Gasteiger partial charge in [-0.25, -0.2) is 9.97 Å². The molecule has 0 amide bonds. The Balaban J connectivity index is 1.13. The molecule has 7 heteroatoms. The number of fused-ring (bicyclic) bond motifs is 6. The number of pyridine rings is 1. The molecule has 0 saturated heterocycles. The predicted molar refractivity (Wildman–Crippen MR) is 290 cm³/mol. The first-order valence-corrected chi connectivity index (χ1v) is 28.0. The number of aryl methyl sites for hydroxylation is 1. The summed E-state index contributed by atoms with van der Waals surface area (Å²) in [4.78, 5) is 12.9. The third-order valence-electron chi connectivity index (χ3n) is 14.3. The fourth-order valence-corrected chi connectivity index (χ4v) is 23.1. The van der Waals surface area contributed by atoms with Gasteiger partial charge in [0.15, 0.2) is 16.1 Å². The van der Waals surface area contributed by atoms with Crippen LogP contribution in [0.25, 0.3) is 50.0 Å². The van der Waals surface area contributed by atoms with Crippen molar-refractivity contribution in [1.82, 2.24) is 19.1 Å². The van der Waals surface area contributed by atoms with Crippen molar-refractivity contribution < 1.29 is 0 Å². The number of hydrogen-bond donors (Lipinski definition) is 0. The van der Waals surface area contributed by atoms with Crippen LogP contribution in [-0.2, 0) is 7.05 Å². The van der Waals surface area contributed by atoms with Gasteiger partial charge < -0.3 is 4.57 Å². The maximum absolute atomic E-state index is 5.20. The van der Waals surface area contributed by atoms with Crippen molar-refractivity contribution in [2.75, 3.05) is 0 Å². The smallest absolute Gasteiger partial charge is 0.181 e. The van der Waals surface area contributed by atoms with E-state index in [1.54, 1.807) is 0 Å². The Hall–Kier alpha value is -7.82. The number of aromatic nitrogens is 4. The van der Waals surface area contributed by atoms with Gasteiger partial charge in [-0.15, -0.1) is 0 Å². The molecule has 0 bridgehead atoms. The highest BCUT2D eigenvalue weighted by Crippen LogP contribution is 2.39. The number of hydrogen-bond acceptors (Lipinski definition) is 3. The van der Waals surface area contributed by atoms with Gasteiger partial charge in [-0.3, -0.25) is 4.57 Å².